The van der Waals surface area contributed by atoms with Gasteiger partial charge in [-0.1, -0.05) is 0 Å². The van der Waals surface area contributed by atoms with E-state index < -0.39 is 15.6 Å². The van der Waals surface area contributed by atoms with E-state index in [9.17, 15) is 13.2 Å². The summed E-state index contributed by atoms with van der Waals surface area (Å²) in [5.74, 6) is 0. The number of nitrogens with zero attached hydrogens (tertiary/aromatic N) is 2. The second-order valence-electron chi connectivity index (χ2n) is 8.00. The Morgan fingerprint density at radius 2 is 1.28 bits per heavy atom. The van der Waals surface area contributed by atoms with Crippen molar-refractivity contribution in [2.75, 3.05) is 18.0 Å². The van der Waals surface area contributed by atoms with E-state index in [0.717, 1.165) is 13.1 Å². The average molecular weight is 535 g/mol. The first-order valence-electron chi connectivity index (χ1n) is 9.83. The van der Waals surface area contributed by atoms with E-state index >= 15 is 0 Å². The van der Waals surface area contributed by atoms with Crippen molar-refractivity contribution >= 4 is 42.2 Å². The number of hydrogen-bond acceptors (Lipinski definition) is 4. The summed E-state index contributed by atoms with van der Waals surface area (Å²) in [6, 6.07) is 9.14. The van der Waals surface area contributed by atoms with Gasteiger partial charge in [0.1, 0.15) is 0 Å². The maximum atomic E-state index is 10.7. The van der Waals surface area contributed by atoms with Gasteiger partial charge in [0.05, 0.1) is 0 Å². The van der Waals surface area contributed by atoms with Crippen molar-refractivity contribution in [2.24, 2.45) is 0 Å². The number of halogens is 3. The molecular formula is C22H27F3N2O3SSe. The molecule has 10 heteroatoms. The molecule has 176 valence electrons. The van der Waals surface area contributed by atoms with Crippen molar-refractivity contribution < 1.29 is 30.7 Å². The predicted molar refractivity (Wildman–Crippen MR) is 121 cm³/mol. The van der Waals surface area contributed by atoms with Gasteiger partial charge in [-0.3, -0.25) is 0 Å². The van der Waals surface area contributed by atoms with E-state index in [1.54, 1.807) is 0 Å². The van der Waals surface area contributed by atoms with Crippen LogP contribution in [0.15, 0.2) is 24.3 Å². The molecule has 0 N–H and O–H groups in total. The number of hydrogen-bond donors (Lipinski definition) is 0. The molecule has 2 aromatic rings. The summed E-state index contributed by atoms with van der Waals surface area (Å²) in [6.07, 6.45) is 0. The van der Waals surface area contributed by atoms with Gasteiger partial charge >= 0.3 is 159 Å². The third kappa shape index (κ3) is 5.73. The Labute approximate surface area is 195 Å². The molecule has 1 aliphatic heterocycles. The molecule has 3 rings (SSSR count). The third-order valence-corrected chi connectivity index (χ3v) is 6.70. The van der Waals surface area contributed by atoms with E-state index in [2.05, 4.69) is 91.3 Å². The first-order valence-corrected chi connectivity index (χ1v) is 12.2. The summed E-state index contributed by atoms with van der Waals surface area (Å²) in [4.78, 5) is 2.46. The minimum atomic E-state index is -6.09. The van der Waals surface area contributed by atoms with Crippen LogP contribution >= 0.6 is 0 Å². The quantitative estimate of drug-likeness (QED) is 0.253. The van der Waals surface area contributed by atoms with Gasteiger partial charge in [-0.25, -0.2) is 8.42 Å². The standard InChI is InChI=1S/C21H26N2Se.CHF3O3S/c1-13-9-15(3)19(16(4)10-13)22-7-8-23(21(22)24)20-17(5)11-14(2)12-18(20)6;2-1(3,4)8(5,6)7/h9-12H,7-8H2,1-6H3;(H,5,6,7). The second kappa shape index (κ2) is 9.55. The van der Waals surface area contributed by atoms with E-state index in [1.807, 2.05) is 0 Å². The number of rotatable bonds is 2. The fourth-order valence-electron chi connectivity index (χ4n) is 4.17. The van der Waals surface area contributed by atoms with Gasteiger partial charge in [0.25, 0.3) is 0 Å². The van der Waals surface area contributed by atoms with Crippen molar-refractivity contribution in [1.82, 2.24) is 0 Å². The first-order chi connectivity index (χ1) is 14.5. The molecule has 1 aliphatic rings. The molecule has 5 nitrogen and oxygen atoms in total. The summed E-state index contributed by atoms with van der Waals surface area (Å²) < 4.78 is 62.6. The fraction of sp³-hybridized carbons (Fsp3) is 0.409. The molecule has 2 aromatic carbocycles. The van der Waals surface area contributed by atoms with Crippen molar-refractivity contribution in [3.05, 3.63) is 57.6 Å². The molecule has 0 spiro atoms. The maximum Gasteiger partial charge on any atom is 0.485 e. The normalized spacial score (nSPS) is 14.5. The summed E-state index contributed by atoms with van der Waals surface area (Å²) in [5.41, 5.74) is 5.18. The summed E-state index contributed by atoms with van der Waals surface area (Å²) >= 11 is 2.80. The summed E-state index contributed by atoms with van der Waals surface area (Å²) in [5, 5.41) is 0. The molecule has 32 heavy (non-hydrogen) atoms. The number of alkyl halides is 3. The Hall–Kier alpha value is -1.87. The second-order valence-corrected chi connectivity index (χ2v) is 10.2. The zero-order chi connectivity index (χ0) is 24.6. The molecule has 0 aliphatic carbocycles. The zero-order valence-corrected chi connectivity index (χ0v) is 21.5. The smallest absolute Gasteiger partial charge is 0.485 e. The maximum absolute atomic E-state index is 10.7. The molecule has 0 fully saturated rings. The van der Waals surface area contributed by atoms with E-state index in [1.165, 1.54) is 49.5 Å². The van der Waals surface area contributed by atoms with Gasteiger partial charge in [0, 0.05) is 0 Å². The minimum Gasteiger partial charge on any atom is -0.741 e. The van der Waals surface area contributed by atoms with Gasteiger partial charge < -0.3 is 4.55 Å². The Morgan fingerprint density at radius 1 is 0.906 bits per heavy atom. The molecule has 0 radical (unpaired) electrons. The Bertz CT molecular complexity index is 1130. The van der Waals surface area contributed by atoms with Crippen molar-refractivity contribution in [3.63, 3.8) is 0 Å². The van der Waals surface area contributed by atoms with E-state index in [0.29, 0.717) is 0 Å². The number of amidine groups is 1. The molecule has 0 bridgehead atoms. The Balaban J connectivity index is 0.000000390. The van der Waals surface area contributed by atoms with Gasteiger partial charge in [0.2, 0.25) is 0 Å². The van der Waals surface area contributed by atoms with Crippen LogP contribution in [0.2, 0.25) is 0 Å². The molecule has 0 unspecified atom stereocenters. The van der Waals surface area contributed by atoms with Crippen molar-refractivity contribution in [3.8, 4) is 0 Å². The fourth-order valence-corrected chi connectivity index (χ4v) is 5.00. The number of benzene rings is 2. The van der Waals surface area contributed by atoms with Crippen LogP contribution in [0.5, 0.6) is 0 Å². The first kappa shape index (κ1) is 26.4. The van der Waals surface area contributed by atoms with Crippen LogP contribution in [0.1, 0.15) is 33.4 Å². The number of anilines is 1. The molecule has 0 saturated heterocycles. The molecule has 0 atom stereocenters. The van der Waals surface area contributed by atoms with Gasteiger partial charge in [-0.2, -0.15) is 13.2 Å². The van der Waals surface area contributed by atoms with Crippen LogP contribution in [0.4, 0.5) is 24.5 Å². The van der Waals surface area contributed by atoms with E-state index in [-0.39, 0.29) is 0 Å². The van der Waals surface area contributed by atoms with Gasteiger partial charge in [0.15, 0.2) is 10.1 Å². The van der Waals surface area contributed by atoms with Crippen molar-refractivity contribution in [1.29, 1.82) is 0 Å². The van der Waals surface area contributed by atoms with Crippen LogP contribution in [0.3, 0.4) is 0 Å². The third-order valence-electron chi connectivity index (χ3n) is 5.12. The average Bonchev–Trinajstić information content (AvgIpc) is 2.93. The van der Waals surface area contributed by atoms with Gasteiger partial charge in [-0.15, -0.1) is 0 Å². The molecule has 1 heterocycles. The van der Waals surface area contributed by atoms with Crippen LogP contribution in [-0.4, -0.2) is 56.9 Å². The summed E-state index contributed by atoms with van der Waals surface area (Å²) in [6.45, 7) is 15.3. The monoisotopic (exact) mass is 536 g/mol. The van der Waals surface area contributed by atoms with Crippen LogP contribution in [0.25, 0.3) is 0 Å². The molecule has 0 aromatic heterocycles. The summed E-state index contributed by atoms with van der Waals surface area (Å²) in [7, 11) is -6.09. The zero-order valence-electron chi connectivity index (χ0n) is 18.8. The Kier molecular flexibility index (Phi) is 7.87. The van der Waals surface area contributed by atoms with Gasteiger partial charge in [-0.05, 0) is 0 Å². The van der Waals surface area contributed by atoms with Crippen LogP contribution < -0.4 is 4.90 Å². The SMILES string of the molecule is Cc1cc(C)c(N2CC[N+](c3c(C)cc(C)cc3C)=C2[SeH])c(C)c1.O=S(=O)([O-])C(F)(F)F. The number of aryl methyl sites for hydroxylation is 6. The predicted octanol–water partition coefficient (Wildman–Crippen LogP) is 4.01. The molecular weight excluding hydrogens is 508 g/mol. The topological polar surface area (TPSA) is 63.5 Å². The molecule has 0 amide bonds. The van der Waals surface area contributed by atoms with E-state index in [4.69, 9.17) is 13.0 Å². The van der Waals surface area contributed by atoms with Crippen LogP contribution in [0, 0.1) is 41.5 Å². The largest absolute Gasteiger partial charge is 0.741 e. The Morgan fingerprint density at radius 3 is 1.66 bits per heavy atom. The molecule has 0 saturated carbocycles. The van der Waals surface area contributed by atoms with Crippen LogP contribution in [-0.2, 0) is 10.1 Å². The minimum absolute atomic E-state index is 1.03. The van der Waals surface area contributed by atoms with Crippen molar-refractivity contribution in [2.45, 2.75) is 47.1 Å².